The molecule has 0 bridgehead atoms. The Labute approximate surface area is 186 Å². The van der Waals surface area contributed by atoms with Crippen LogP contribution in [-0.2, 0) is 9.53 Å². The van der Waals surface area contributed by atoms with Crippen molar-refractivity contribution in [3.8, 4) is 0 Å². The van der Waals surface area contributed by atoms with Gasteiger partial charge >= 0.3 is 6.03 Å². The molecule has 31 heavy (non-hydrogen) atoms. The number of carbonyl (C=O) groups excluding carboxylic acids is 2. The molecule has 168 valence electrons. The van der Waals surface area contributed by atoms with Crippen LogP contribution >= 0.6 is 11.8 Å². The Balaban J connectivity index is 1.58. The molecule has 1 fully saturated rings. The lowest BCUT2D eigenvalue weighted by Crippen LogP contribution is -2.43. The Morgan fingerprint density at radius 3 is 2.58 bits per heavy atom. The van der Waals surface area contributed by atoms with Gasteiger partial charge in [-0.15, -0.1) is 11.8 Å². The van der Waals surface area contributed by atoms with Gasteiger partial charge in [0.05, 0.1) is 13.2 Å². The summed E-state index contributed by atoms with van der Waals surface area (Å²) in [6.07, 6.45) is 2.76. The number of nitrogens with one attached hydrogen (secondary N) is 2. The van der Waals surface area contributed by atoms with Gasteiger partial charge in [0.25, 0.3) is 0 Å². The van der Waals surface area contributed by atoms with Gasteiger partial charge in [-0.05, 0) is 43.9 Å². The number of morpholine rings is 1. The molecule has 2 N–H and O–H groups in total. The zero-order valence-corrected chi connectivity index (χ0v) is 18.7. The molecule has 1 aromatic heterocycles. The number of hydrogen-bond acceptors (Lipinski definition) is 7. The van der Waals surface area contributed by atoms with Gasteiger partial charge in [0.2, 0.25) is 5.91 Å². The third-order valence-electron chi connectivity index (χ3n) is 4.86. The first kappa shape index (κ1) is 23.1. The minimum Gasteiger partial charge on any atom is -0.379 e. The van der Waals surface area contributed by atoms with Crippen LogP contribution in [-0.4, -0.2) is 79.1 Å². The van der Waals surface area contributed by atoms with Gasteiger partial charge in [-0.2, -0.15) is 0 Å². The Morgan fingerprint density at radius 2 is 1.94 bits per heavy atom. The monoisotopic (exact) mass is 447 g/mol. The van der Waals surface area contributed by atoms with E-state index in [1.54, 1.807) is 24.8 Å². The molecule has 1 aromatic carbocycles. The second-order valence-electron chi connectivity index (χ2n) is 7.26. The number of aromatic nitrogens is 1. The molecule has 1 saturated heterocycles. The number of rotatable bonds is 9. The van der Waals surface area contributed by atoms with Gasteiger partial charge < -0.3 is 24.8 Å². The Morgan fingerprint density at radius 1 is 1.19 bits per heavy atom. The van der Waals surface area contributed by atoms with Gasteiger partial charge in [-0.1, -0.05) is 5.16 Å². The molecule has 0 saturated carbocycles. The fourth-order valence-electron chi connectivity index (χ4n) is 3.22. The van der Waals surface area contributed by atoms with Crippen LogP contribution < -0.4 is 10.6 Å². The average molecular weight is 448 g/mol. The molecule has 2 aromatic rings. The zero-order valence-electron chi connectivity index (χ0n) is 17.9. The third-order valence-corrected chi connectivity index (χ3v) is 5.61. The SMILES string of the molecule is CSc1ccc(NC(=O)N(CCCN2CCOCC2)CC(=O)Nc2cc(C)on2)cc1. The van der Waals surface area contributed by atoms with E-state index in [0.29, 0.717) is 23.8 Å². The molecule has 0 spiro atoms. The van der Waals surface area contributed by atoms with Crippen molar-refractivity contribution in [1.82, 2.24) is 15.0 Å². The Bertz CT molecular complexity index is 852. The average Bonchev–Trinajstić information content (AvgIpc) is 3.18. The van der Waals surface area contributed by atoms with Crippen LogP contribution in [0.25, 0.3) is 0 Å². The van der Waals surface area contributed by atoms with E-state index < -0.39 is 0 Å². The molecule has 2 heterocycles. The lowest BCUT2D eigenvalue weighted by molar-refractivity contribution is -0.116. The minimum atomic E-state index is -0.326. The van der Waals surface area contributed by atoms with Crippen LogP contribution in [0.4, 0.5) is 16.3 Å². The van der Waals surface area contributed by atoms with Crippen molar-refractivity contribution in [3.05, 3.63) is 36.1 Å². The number of anilines is 2. The fourth-order valence-corrected chi connectivity index (χ4v) is 3.63. The van der Waals surface area contributed by atoms with E-state index in [1.165, 1.54) is 4.90 Å². The van der Waals surface area contributed by atoms with Crippen LogP contribution in [0.1, 0.15) is 12.2 Å². The zero-order chi connectivity index (χ0) is 22.1. The first-order valence-corrected chi connectivity index (χ1v) is 11.5. The lowest BCUT2D eigenvalue weighted by atomic mass is 10.3. The number of aryl methyl sites for hydroxylation is 1. The molecule has 1 aliphatic rings. The summed E-state index contributed by atoms with van der Waals surface area (Å²) in [5.41, 5.74) is 0.688. The van der Waals surface area contributed by atoms with Crippen LogP contribution in [0, 0.1) is 6.92 Å². The first-order valence-electron chi connectivity index (χ1n) is 10.3. The van der Waals surface area contributed by atoms with Gasteiger partial charge in [-0.3, -0.25) is 9.69 Å². The lowest BCUT2D eigenvalue weighted by Gasteiger charge is -2.28. The first-order chi connectivity index (χ1) is 15.0. The molecule has 3 amide bonds. The number of thioether (sulfide) groups is 1. The Hall–Kier alpha value is -2.56. The summed E-state index contributed by atoms with van der Waals surface area (Å²) in [5.74, 6) is 0.612. The number of amides is 3. The standard InChI is InChI=1S/C21H29N5O4S/c1-16-14-19(24-30-16)23-20(27)15-26(9-3-8-25-10-12-29-13-11-25)21(28)22-17-4-6-18(31-2)7-5-17/h4-7,14H,3,8-13,15H2,1-2H3,(H,22,28)(H,23,24,27). The maximum Gasteiger partial charge on any atom is 0.322 e. The van der Waals surface area contributed by atoms with E-state index in [2.05, 4.69) is 20.7 Å². The van der Waals surface area contributed by atoms with Crippen molar-refractivity contribution in [2.24, 2.45) is 0 Å². The highest BCUT2D eigenvalue weighted by Gasteiger charge is 2.19. The predicted octanol–water partition coefficient (Wildman–Crippen LogP) is 2.90. The topological polar surface area (TPSA) is 99.9 Å². The summed E-state index contributed by atoms with van der Waals surface area (Å²) in [6, 6.07) is 8.92. The van der Waals surface area contributed by atoms with E-state index in [9.17, 15) is 9.59 Å². The summed E-state index contributed by atoms with van der Waals surface area (Å²) in [5, 5.41) is 9.33. The molecule has 10 heteroatoms. The highest BCUT2D eigenvalue weighted by atomic mass is 32.2. The molecular weight excluding hydrogens is 418 g/mol. The van der Waals surface area contributed by atoms with E-state index >= 15 is 0 Å². The number of carbonyl (C=O) groups is 2. The molecule has 0 aliphatic carbocycles. The van der Waals surface area contributed by atoms with Crippen molar-refractivity contribution in [1.29, 1.82) is 0 Å². The van der Waals surface area contributed by atoms with Crippen LogP contribution in [0.2, 0.25) is 0 Å². The van der Waals surface area contributed by atoms with E-state index in [0.717, 1.165) is 44.2 Å². The summed E-state index contributed by atoms with van der Waals surface area (Å²) < 4.78 is 10.3. The molecule has 0 atom stereocenters. The molecular formula is C21H29N5O4S. The van der Waals surface area contributed by atoms with Gasteiger partial charge in [0, 0.05) is 42.8 Å². The van der Waals surface area contributed by atoms with Crippen molar-refractivity contribution in [3.63, 3.8) is 0 Å². The number of nitrogens with zero attached hydrogens (tertiary/aromatic N) is 3. The number of urea groups is 1. The van der Waals surface area contributed by atoms with Gasteiger partial charge in [0.1, 0.15) is 12.3 Å². The summed E-state index contributed by atoms with van der Waals surface area (Å²) in [6.45, 7) is 6.21. The van der Waals surface area contributed by atoms with E-state index in [4.69, 9.17) is 9.26 Å². The minimum absolute atomic E-state index is 0.0796. The van der Waals surface area contributed by atoms with Crippen LogP contribution in [0.5, 0.6) is 0 Å². The third kappa shape index (κ3) is 7.57. The molecule has 0 radical (unpaired) electrons. The predicted molar refractivity (Wildman–Crippen MR) is 121 cm³/mol. The number of ether oxygens (including phenoxy) is 1. The van der Waals surface area contributed by atoms with E-state index in [1.807, 2.05) is 30.5 Å². The van der Waals surface area contributed by atoms with Crippen molar-refractivity contribution in [2.75, 3.05) is 62.8 Å². The normalized spacial score (nSPS) is 14.3. The van der Waals surface area contributed by atoms with E-state index in [-0.39, 0.29) is 18.5 Å². The van der Waals surface area contributed by atoms with Crippen LogP contribution in [0.3, 0.4) is 0 Å². The maximum atomic E-state index is 12.9. The van der Waals surface area contributed by atoms with Crippen LogP contribution in [0.15, 0.2) is 39.8 Å². The van der Waals surface area contributed by atoms with Crippen molar-refractivity contribution in [2.45, 2.75) is 18.2 Å². The quantitative estimate of drug-likeness (QED) is 0.570. The van der Waals surface area contributed by atoms with Gasteiger partial charge in [0.15, 0.2) is 5.82 Å². The number of hydrogen-bond donors (Lipinski definition) is 2. The fraction of sp³-hybridized carbons (Fsp3) is 0.476. The largest absolute Gasteiger partial charge is 0.379 e. The Kier molecular flexibility index (Phi) is 8.74. The molecule has 3 rings (SSSR count). The second-order valence-corrected chi connectivity index (χ2v) is 8.14. The molecule has 0 unspecified atom stereocenters. The highest BCUT2D eigenvalue weighted by Crippen LogP contribution is 2.18. The molecule has 1 aliphatic heterocycles. The number of benzene rings is 1. The van der Waals surface area contributed by atoms with Gasteiger partial charge in [-0.25, -0.2) is 4.79 Å². The maximum absolute atomic E-state index is 12.9. The summed E-state index contributed by atoms with van der Waals surface area (Å²) in [7, 11) is 0. The van der Waals surface area contributed by atoms with Crippen molar-refractivity contribution < 1.29 is 18.8 Å². The highest BCUT2D eigenvalue weighted by molar-refractivity contribution is 7.98. The van der Waals surface area contributed by atoms with Crippen molar-refractivity contribution >= 4 is 35.2 Å². The molecule has 9 nitrogen and oxygen atoms in total. The smallest absolute Gasteiger partial charge is 0.322 e. The second kappa shape index (κ2) is 11.7. The summed E-state index contributed by atoms with van der Waals surface area (Å²) >= 11 is 1.64. The summed E-state index contributed by atoms with van der Waals surface area (Å²) in [4.78, 5) is 30.3.